The van der Waals surface area contributed by atoms with Crippen LogP contribution in [0.4, 0.5) is 0 Å². The third-order valence-corrected chi connectivity index (χ3v) is 4.65. The van der Waals surface area contributed by atoms with Gasteiger partial charge in [-0.25, -0.2) is 0 Å². The van der Waals surface area contributed by atoms with Gasteiger partial charge in [0.05, 0.1) is 17.4 Å². The SMILES string of the molecule is Cc1cc(C(=O)N(Cc2ccccc2)C(C)C)c(C)n1-c1cccnc1. The summed E-state index contributed by atoms with van der Waals surface area (Å²) in [4.78, 5) is 19.4. The van der Waals surface area contributed by atoms with Gasteiger partial charge in [-0.3, -0.25) is 9.78 Å². The van der Waals surface area contributed by atoms with Gasteiger partial charge in [-0.05, 0) is 51.5 Å². The number of nitrogens with zero attached hydrogens (tertiary/aromatic N) is 3. The molecule has 4 nitrogen and oxygen atoms in total. The fourth-order valence-corrected chi connectivity index (χ4v) is 3.29. The summed E-state index contributed by atoms with van der Waals surface area (Å²) in [6, 6.07) is 16.1. The Bertz CT molecular complexity index is 883. The number of hydrogen-bond acceptors (Lipinski definition) is 2. The molecule has 2 aromatic heterocycles. The van der Waals surface area contributed by atoms with E-state index in [0.717, 1.165) is 28.2 Å². The van der Waals surface area contributed by atoms with Gasteiger partial charge in [0.15, 0.2) is 0 Å². The highest BCUT2D eigenvalue weighted by Gasteiger charge is 2.24. The van der Waals surface area contributed by atoms with Gasteiger partial charge < -0.3 is 9.47 Å². The van der Waals surface area contributed by atoms with E-state index in [2.05, 4.69) is 35.5 Å². The van der Waals surface area contributed by atoms with Crippen LogP contribution in [0.2, 0.25) is 0 Å². The number of benzene rings is 1. The van der Waals surface area contributed by atoms with Crippen LogP contribution in [0, 0.1) is 13.8 Å². The molecule has 3 rings (SSSR count). The number of pyridine rings is 1. The maximum Gasteiger partial charge on any atom is 0.256 e. The molecule has 0 saturated heterocycles. The van der Waals surface area contributed by atoms with Crippen molar-refractivity contribution < 1.29 is 4.79 Å². The highest BCUT2D eigenvalue weighted by atomic mass is 16.2. The summed E-state index contributed by atoms with van der Waals surface area (Å²) in [5, 5.41) is 0. The molecular formula is C22H25N3O. The monoisotopic (exact) mass is 347 g/mol. The van der Waals surface area contributed by atoms with Crippen molar-refractivity contribution in [2.75, 3.05) is 0 Å². The lowest BCUT2D eigenvalue weighted by Crippen LogP contribution is -2.36. The van der Waals surface area contributed by atoms with Crippen molar-refractivity contribution >= 4 is 5.91 Å². The molecule has 0 bridgehead atoms. The van der Waals surface area contributed by atoms with Crippen molar-refractivity contribution in [1.29, 1.82) is 0 Å². The zero-order valence-electron chi connectivity index (χ0n) is 15.8. The molecule has 2 heterocycles. The van der Waals surface area contributed by atoms with Gasteiger partial charge in [0.1, 0.15) is 0 Å². The average Bonchev–Trinajstić information content (AvgIpc) is 2.95. The fourth-order valence-electron chi connectivity index (χ4n) is 3.29. The Kier molecular flexibility index (Phi) is 5.21. The summed E-state index contributed by atoms with van der Waals surface area (Å²) in [6.45, 7) is 8.73. The van der Waals surface area contributed by atoms with Gasteiger partial charge in [0.25, 0.3) is 5.91 Å². The van der Waals surface area contributed by atoms with Crippen LogP contribution in [0.3, 0.4) is 0 Å². The van der Waals surface area contributed by atoms with Crippen LogP contribution < -0.4 is 0 Å². The Morgan fingerprint density at radius 3 is 2.46 bits per heavy atom. The molecule has 0 saturated carbocycles. The zero-order valence-corrected chi connectivity index (χ0v) is 15.8. The van der Waals surface area contributed by atoms with Crippen molar-refractivity contribution in [2.24, 2.45) is 0 Å². The van der Waals surface area contributed by atoms with E-state index in [4.69, 9.17) is 0 Å². The summed E-state index contributed by atoms with van der Waals surface area (Å²) in [7, 11) is 0. The highest BCUT2D eigenvalue weighted by Crippen LogP contribution is 2.23. The van der Waals surface area contributed by atoms with Gasteiger partial charge in [-0.2, -0.15) is 0 Å². The van der Waals surface area contributed by atoms with Crippen molar-refractivity contribution in [3.8, 4) is 5.69 Å². The predicted octanol–water partition coefficient (Wildman–Crippen LogP) is 4.54. The van der Waals surface area contributed by atoms with Gasteiger partial charge in [-0.15, -0.1) is 0 Å². The second-order valence-corrected chi connectivity index (χ2v) is 6.84. The molecule has 0 radical (unpaired) electrons. The van der Waals surface area contributed by atoms with E-state index >= 15 is 0 Å². The Labute approximate surface area is 155 Å². The molecule has 0 N–H and O–H groups in total. The van der Waals surface area contributed by atoms with E-state index in [0.29, 0.717) is 6.54 Å². The number of aryl methyl sites for hydroxylation is 1. The van der Waals surface area contributed by atoms with E-state index in [9.17, 15) is 4.79 Å². The van der Waals surface area contributed by atoms with Crippen LogP contribution in [0.25, 0.3) is 5.69 Å². The van der Waals surface area contributed by atoms with Crippen LogP contribution in [-0.2, 0) is 6.54 Å². The maximum atomic E-state index is 13.3. The molecule has 0 aliphatic carbocycles. The lowest BCUT2D eigenvalue weighted by molar-refractivity contribution is 0.0689. The average molecular weight is 347 g/mol. The number of carbonyl (C=O) groups is 1. The van der Waals surface area contributed by atoms with Crippen molar-refractivity contribution in [1.82, 2.24) is 14.5 Å². The minimum absolute atomic E-state index is 0.0621. The first-order valence-electron chi connectivity index (χ1n) is 8.93. The van der Waals surface area contributed by atoms with Crippen LogP contribution in [0.15, 0.2) is 60.9 Å². The number of aromatic nitrogens is 2. The van der Waals surface area contributed by atoms with Crippen LogP contribution in [-0.4, -0.2) is 26.4 Å². The molecular weight excluding hydrogens is 322 g/mol. The summed E-state index contributed by atoms with van der Waals surface area (Å²) in [6.07, 6.45) is 3.57. The largest absolute Gasteiger partial charge is 0.332 e. The topological polar surface area (TPSA) is 38.1 Å². The third kappa shape index (κ3) is 3.54. The lowest BCUT2D eigenvalue weighted by atomic mass is 10.1. The maximum absolute atomic E-state index is 13.3. The molecule has 0 aliphatic heterocycles. The summed E-state index contributed by atoms with van der Waals surface area (Å²) in [5.41, 5.74) is 4.83. The number of hydrogen-bond donors (Lipinski definition) is 0. The van der Waals surface area contributed by atoms with Gasteiger partial charge in [-0.1, -0.05) is 30.3 Å². The van der Waals surface area contributed by atoms with Gasteiger partial charge >= 0.3 is 0 Å². The molecule has 0 atom stereocenters. The smallest absolute Gasteiger partial charge is 0.256 e. The predicted molar refractivity (Wildman–Crippen MR) is 104 cm³/mol. The molecule has 0 unspecified atom stereocenters. The van der Waals surface area contributed by atoms with Gasteiger partial charge in [0, 0.05) is 30.2 Å². The molecule has 26 heavy (non-hydrogen) atoms. The Balaban J connectivity index is 1.95. The molecule has 0 aliphatic rings. The summed E-state index contributed by atoms with van der Waals surface area (Å²) < 4.78 is 2.08. The van der Waals surface area contributed by atoms with E-state index < -0.39 is 0 Å². The standard InChI is InChI=1S/C22H25N3O/c1-16(2)24(15-19-9-6-5-7-10-19)22(26)21-13-17(3)25(18(21)4)20-11-8-12-23-14-20/h5-14,16H,15H2,1-4H3. The van der Waals surface area contributed by atoms with Gasteiger partial charge in [0.2, 0.25) is 0 Å². The first-order valence-corrected chi connectivity index (χ1v) is 8.93. The molecule has 1 aromatic carbocycles. The third-order valence-electron chi connectivity index (χ3n) is 4.65. The molecule has 0 spiro atoms. The molecule has 0 fully saturated rings. The Morgan fingerprint density at radius 2 is 1.85 bits per heavy atom. The van der Waals surface area contributed by atoms with Crippen molar-refractivity contribution in [2.45, 2.75) is 40.3 Å². The molecule has 4 heteroatoms. The first-order chi connectivity index (χ1) is 12.5. The van der Waals surface area contributed by atoms with E-state index in [-0.39, 0.29) is 11.9 Å². The normalized spacial score (nSPS) is 11.0. The fraction of sp³-hybridized carbons (Fsp3) is 0.273. The summed E-state index contributed by atoms with van der Waals surface area (Å²) >= 11 is 0. The quantitative estimate of drug-likeness (QED) is 0.679. The Morgan fingerprint density at radius 1 is 1.12 bits per heavy atom. The minimum Gasteiger partial charge on any atom is -0.332 e. The summed E-state index contributed by atoms with van der Waals surface area (Å²) in [5.74, 6) is 0.0621. The highest BCUT2D eigenvalue weighted by molar-refractivity contribution is 5.96. The van der Waals surface area contributed by atoms with E-state index in [1.165, 1.54) is 0 Å². The van der Waals surface area contributed by atoms with Crippen molar-refractivity contribution in [3.63, 3.8) is 0 Å². The molecule has 3 aromatic rings. The molecule has 134 valence electrons. The number of carbonyl (C=O) groups excluding carboxylic acids is 1. The minimum atomic E-state index is 0.0621. The lowest BCUT2D eigenvalue weighted by Gasteiger charge is -2.27. The van der Waals surface area contributed by atoms with Crippen LogP contribution in [0.5, 0.6) is 0 Å². The first kappa shape index (κ1) is 17.9. The number of amides is 1. The molecule has 1 amide bonds. The van der Waals surface area contributed by atoms with Crippen LogP contribution >= 0.6 is 0 Å². The Hall–Kier alpha value is -2.88. The van der Waals surface area contributed by atoms with Crippen molar-refractivity contribution in [3.05, 3.63) is 83.4 Å². The second-order valence-electron chi connectivity index (χ2n) is 6.84. The second kappa shape index (κ2) is 7.56. The van der Waals surface area contributed by atoms with E-state index in [1.807, 2.05) is 61.3 Å². The van der Waals surface area contributed by atoms with E-state index in [1.54, 1.807) is 6.20 Å². The zero-order chi connectivity index (χ0) is 18.7. The number of rotatable bonds is 5. The van der Waals surface area contributed by atoms with Crippen LogP contribution in [0.1, 0.15) is 41.2 Å².